The van der Waals surface area contributed by atoms with Crippen molar-refractivity contribution in [2.24, 2.45) is 0 Å². The van der Waals surface area contributed by atoms with E-state index in [4.69, 9.17) is 9.84 Å². The van der Waals surface area contributed by atoms with Crippen LogP contribution in [0.2, 0.25) is 0 Å². The number of benzene rings is 1. The lowest BCUT2D eigenvalue weighted by Crippen LogP contribution is -2.34. The molecule has 0 aliphatic carbocycles. The van der Waals surface area contributed by atoms with E-state index in [1.165, 1.54) is 38.5 Å². The van der Waals surface area contributed by atoms with E-state index in [-0.39, 0.29) is 18.6 Å². The molecule has 0 heterocycles. The molecule has 0 saturated heterocycles. The number of nitrogens with one attached hydrogen (secondary N) is 1. The molecule has 0 spiro atoms. The fraction of sp³-hybridized carbons (Fsp3) is 0.720. The number of hydrogen-bond acceptors (Lipinski definition) is 4. The van der Waals surface area contributed by atoms with E-state index in [0.29, 0.717) is 18.8 Å². The minimum absolute atomic E-state index is 0.00924. The third-order valence-corrected chi connectivity index (χ3v) is 5.27. The van der Waals surface area contributed by atoms with Crippen molar-refractivity contribution < 1.29 is 19.7 Å². The number of carbonyl (C=O) groups is 1. The predicted molar refractivity (Wildman–Crippen MR) is 123 cm³/mol. The van der Waals surface area contributed by atoms with Gasteiger partial charge >= 0.3 is 0 Å². The summed E-state index contributed by atoms with van der Waals surface area (Å²) in [6.45, 7) is 4.68. The summed E-state index contributed by atoms with van der Waals surface area (Å²) in [4.78, 5) is 11.6. The third-order valence-electron chi connectivity index (χ3n) is 5.27. The van der Waals surface area contributed by atoms with E-state index >= 15 is 0 Å². The Kier molecular flexibility index (Phi) is 14.9. The maximum Gasteiger partial charge on any atom is 0.220 e. The number of unbranched alkanes of at least 4 members (excludes halogenated alkanes) is 9. The molecule has 0 aliphatic heterocycles. The monoisotopic (exact) mass is 421 g/mol. The first-order chi connectivity index (χ1) is 14.5. The molecule has 30 heavy (non-hydrogen) atoms. The van der Waals surface area contributed by atoms with Crippen LogP contribution in [0.5, 0.6) is 11.5 Å². The summed E-state index contributed by atoms with van der Waals surface area (Å²) < 4.78 is 5.84. The second-order valence-corrected chi connectivity index (χ2v) is 8.37. The Morgan fingerprint density at radius 2 is 1.63 bits per heavy atom. The summed E-state index contributed by atoms with van der Waals surface area (Å²) in [5.41, 5.74) is 1.15. The van der Waals surface area contributed by atoms with Crippen molar-refractivity contribution in [3.8, 4) is 11.5 Å². The van der Waals surface area contributed by atoms with E-state index in [0.717, 1.165) is 49.8 Å². The normalized spacial score (nSPS) is 12.0. The van der Waals surface area contributed by atoms with Gasteiger partial charge in [0.05, 0.1) is 13.2 Å². The molecule has 0 aliphatic rings. The van der Waals surface area contributed by atoms with Gasteiger partial charge in [0.2, 0.25) is 5.91 Å². The Bertz CT molecular complexity index is 576. The molecule has 0 saturated carbocycles. The lowest BCUT2D eigenvalue weighted by molar-refractivity contribution is -0.122. The Balaban J connectivity index is 2.00. The maximum absolute atomic E-state index is 11.6. The highest BCUT2D eigenvalue weighted by atomic mass is 16.5. The molecule has 172 valence electrons. The van der Waals surface area contributed by atoms with Crippen LogP contribution >= 0.6 is 0 Å². The highest BCUT2D eigenvalue weighted by Crippen LogP contribution is 2.23. The van der Waals surface area contributed by atoms with E-state index < -0.39 is 0 Å². The average Bonchev–Trinajstić information content (AvgIpc) is 2.71. The summed E-state index contributed by atoms with van der Waals surface area (Å²) in [7, 11) is 0. The fourth-order valence-corrected chi connectivity index (χ4v) is 3.48. The summed E-state index contributed by atoms with van der Waals surface area (Å²) in [6.07, 6.45) is 14.1. The molecule has 0 aromatic heterocycles. The number of aliphatic hydroxyl groups excluding tert-OH is 1. The number of phenols is 1. The largest absolute Gasteiger partial charge is 0.508 e. The second kappa shape index (κ2) is 17.0. The molecule has 1 aromatic rings. The molecule has 1 amide bonds. The van der Waals surface area contributed by atoms with Crippen LogP contribution in [0, 0.1) is 0 Å². The van der Waals surface area contributed by atoms with Crippen LogP contribution in [0.1, 0.15) is 96.5 Å². The van der Waals surface area contributed by atoms with Crippen molar-refractivity contribution in [2.45, 2.75) is 103 Å². The Hall–Kier alpha value is -1.75. The quantitative estimate of drug-likeness (QED) is 0.273. The zero-order valence-corrected chi connectivity index (χ0v) is 19.1. The molecule has 5 heteroatoms. The molecular formula is C25H43NO4. The van der Waals surface area contributed by atoms with Gasteiger partial charge in [0, 0.05) is 18.5 Å². The van der Waals surface area contributed by atoms with E-state index in [1.54, 1.807) is 13.0 Å². The lowest BCUT2D eigenvalue weighted by Gasteiger charge is -2.10. The highest BCUT2D eigenvalue weighted by molar-refractivity contribution is 5.76. The van der Waals surface area contributed by atoms with Gasteiger partial charge in [0.25, 0.3) is 0 Å². The van der Waals surface area contributed by atoms with Crippen LogP contribution < -0.4 is 10.1 Å². The summed E-state index contributed by atoms with van der Waals surface area (Å²) in [5, 5.41) is 21.6. The molecule has 3 N–H and O–H groups in total. The number of aryl methyl sites for hydroxylation is 1. The van der Waals surface area contributed by atoms with Gasteiger partial charge in [-0.25, -0.2) is 0 Å². The number of hydrogen-bond donors (Lipinski definition) is 3. The van der Waals surface area contributed by atoms with E-state index in [2.05, 4.69) is 18.3 Å². The van der Waals surface area contributed by atoms with Crippen molar-refractivity contribution in [3.63, 3.8) is 0 Å². The number of rotatable bonds is 18. The average molecular weight is 422 g/mol. The van der Waals surface area contributed by atoms with Crippen LogP contribution in [0.25, 0.3) is 0 Å². The first-order valence-electron chi connectivity index (χ1n) is 11.9. The van der Waals surface area contributed by atoms with E-state index in [9.17, 15) is 9.90 Å². The van der Waals surface area contributed by atoms with Crippen molar-refractivity contribution in [1.82, 2.24) is 5.32 Å². The van der Waals surface area contributed by atoms with Gasteiger partial charge in [-0.3, -0.25) is 4.79 Å². The van der Waals surface area contributed by atoms with Gasteiger partial charge in [-0.1, -0.05) is 58.3 Å². The third kappa shape index (κ3) is 13.5. The van der Waals surface area contributed by atoms with Crippen LogP contribution in [-0.2, 0) is 11.2 Å². The summed E-state index contributed by atoms with van der Waals surface area (Å²) in [5.74, 6) is 1.11. The maximum atomic E-state index is 11.6. The number of amides is 1. The molecule has 1 aromatic carbocycles. The van der Waals surface area contributed by atoms with Crippen LogP contribution in [0.4, 0.5) is 0 Å². The van der Waals surface area contributed by atoms with Gasteiger partial charge < -0.3 is 20.3 Å². The first-order valence-corrected chi connectivity index (χ1v) is 11.9. The SMILES string of the molecule is CCCCCc1cc(O)cc(OCCCCCCCCCCC(=O)N[C@H](C)CO)c1. The number of aliphatic hydroxyl groups is 1. The zero-order chi connectivity index (χ0) is 22.0. The molecule has 0 unspecified atom stereocenters. The molecule has 0 fully saturated rings. The molecule has 5 nitrogen and oxygen atoms in total. The molecular weight excluding hydrogens is 378 g/mol. The zero-order valence-electron chi connectivity index (χ0n) is 19.1. The topological polar surface area (TPSA) is 78.8 Å². The minimum Gasteiger partial charge on any atom is -0.508 e. The number of carbonyl (C=O) groups excluding carboxylic acids is 1. The van der Waals surface area contributed by atoms with Gasteiger partial charge in [-0.05, 0) is 50.3 Å². The summed E-state index contributed by atoms with van der Waals surface area (Å²) >= 11 is 0. The van der Waals surface area contributed by atoms with Gasteiger partial charge in [-0.15, -0.1) is 0 Å². The van der Waals surface area contributed by atoms with E-state index in [1.807, 2.05) is 6.07 Å². The predicted octanol–water partition coefficient (Wildman–Crippen LogP) is 5.51. The number of phenolic OH excluding ortho intramolecular Hbond substituents is 1. The second-order valence-electron chi connectivity index (χ2n) is 8.37. The van der Waals surface area contributed by atoms with Crippen molar-refractivity contribution >= 4 is 5.91 Å². The highest BCUT2D eigenvalue weighted by Gasteiger charge is 2.05. The van der Waals surface area contributed by atoms with Crippen LogP contribution in [-0.4, -0.2) is 35.4 Å². The molecule has 1 rings (SSSR count). The molecule has 1 atom stereocenters. The standard InChI is InChI=1S/C25H43NO4/c1-3-4-11-14-22-17-23(28)19-24(18-22)30-16-13-10-8-6-5-7-9-12-15-25(29)26-21(2)20-27/h17-19,21,27-28H,3-16,20H2,1-2H3,(H,26,29)/t21-/m1/s1. The fourth-order valence-electron chi connectivity index (χ4n) is 3.48. The van der Waals surface area contributed by atoms with Crippen molar-refractivity contribution in [1.29, 1.82) is 0 Å². The number of ether oxygens (including phenoxy) is 1. The van der Waals surface area contributed by atoms with Gasteiger partial charge in [0.1, 0.15) is 11.5 Å². The molecule has 0 radical (unpaired) electrons. The smallest absolute Gasteiger partial charge is 0.220 e. The summed E-state index contributed by atoms with van der Waals surface area (Å²) in [6, 6.07) is 5.44. The Morgan fingerprint density at radius 1 is 0.967 bits per heavy atom. The van der Waals surface area contributed by atoms with Crippen LogP contribution in [0.15, 0.2) is 18.2 Å². The first kappa shape index (κ1) is 26.3. The van der Waals surface area contributed by atoms with Crippen LogP contribution in [0.3, 0.4) is 0 Å². The Morgan fingerprint density at radius 3 is 2.30 bits per heavy atom. The van der Waals surface area contributed by atoms with Crippen molar-refractivity contribution in [2.75, 3.05) is 13.2 Å². The molecule has 0 bridgehead atoms. The Labute approximate surface area is 183 Å². The minimum atomic E-state index is -0.151. The van der Waals surface area contributed by atoms with Gasteiger partial charge in [0.15, 0.2) is 0 Å². The van der Waals surface area contributed by atoms with Gasteiger partial charge in [-0.2, -0.15) is 0 Å². The van der Waals surface area contributed by atoms with Crippen molar-refractivity contribution in [3.05, 3.63) is 23.8 Å². The number of aromatic hydroxyl groups is 1. The lowest BCUT2D eigenvalue weighted by atomic mass is 10.1.